The average Bonchev–Trinajstić information content (AvgIpc) is 2.47. The van der Waals surface area contributed by atoms with E-state index < -0.39 is 0 Å². The van der Waals surface area contributed by atoms with Crippen LogP contribution < -0.4 is 15.8 Å². The lowest BCUT2D eigenvalue weighted by Gasteiger charge is -2.11. The van der Waals surface area contributed by atoms with E-state index in [4.69, 9.17) is 10.5 Å². The van der Waals surface area contributed by atoms with Crippen molar-refractivity contribution >= 4 is 11.4 Å². The summed E-state index contributed by atoms with van der Waals surface area (Å²) >= 11 is 0. The molecule has 0 aliphatic heterocycles. The average molecular weight is 274 g/mol. The van der Waals surface area contributed by atoms with Crippen molar-refractivity contribution in [3.8, 4) is 5.75 Å². The molecular formula is C16H19FN2O. The standard InChI is InChI=1S/C16H19FN2O/c1-3-11-4-6-12(7-5-11)10-19-15-9-16(20-2)14(18)8-13(15)17/h4-9,19H,3,10,18H2,1-2H3. The molecule has 0 unspecified atom stereocenters. The molecule has 3 nitrogen and oxygen atoms in total. The van der Waals surface area contributed by atoms with Gasteiger partial charge in [-0.15, -0.1) is 0 Å². The molecule has 20 heavy (non-hydrogen) atoms. The van der Waals surface area contributed by atoms with Crippen molar-refractivity contribution < 1.29 is 9.13 Å². The number of nitrogens with one attached hydrogen (secondary N) is 1. The zero-order valence-corrected chi connectivity index (χ0v) is 11.7. The summed E-state index contributed by atoms with van der Waals surface area (Å²) in [5.74, 6) is 0.0868. The molecule has 0 bridgehead atoms. The minimum Gasteiger partial charge on any atom is -0.495 e. The summed E-state index contributed by atoms with van der Waals surface area (Å²) in [6.45, 7) is 2.66. The quantitative estimate of drug-likeness (QED) is 0.819. The molecule has 0 aliphatic carbocycles. The van der Waals surface area contributed by atoms with Gasteiger partial charge in [0.1, 0.15) is 11.6 Å². The number of anilines is 2. The highest BCUT2D eigenvalue weighted by Crippen LogP contribution is 2.28. The van der Waals surface area contributed by atoms with Crippen molar-refractivity contribution in [2.75, 3.05) is 18.2 Å². The monoisotopic (exact) mass is 274 g/mol. The van der Waals surface area contributed by atoms with Crippen LogP contribution >= 0.6 is 0 Å². The summed E-state index contributed by atoms with van der Waals surface area (Å²) in [4.78, 5) is 0. The van der Waals surface area contributed by atoms with Crippen LogP contribution in [0.2, 0.25) is 0 Å². The number of benzene rings is 2. The molecule has 0 radical (unpaired) electrons. The van der Waals surface area contributed by atoms with Crippen LogP contribution in [0.25, 0.3) is 0 Å². The zero-order valence-electron chi connectivity index (χ0n) is 11.7. The summed E-state index contributed by atoms with van der Waals surface area (Å²) in [5.41, 5.74) is 8.71. The van der Waals surface area contributed by atoms with Gasteiger partial charge < -0.3 is 15.8 Å². The minimum absolute atomic E-state index is 0.294. The Morgan fingerprint density at radius 2 is 1.80 bits per heavy atom. The fraction of sp³-hybridized carbons (Fsp3) is 0.250. The molecule has 0 spiro atoms. The van der Waals surface area contributed by atoms with Crippen molar-refractivity contribution in [1.82, 2.24) is 0 Å². The van der Waals surface area contributed by atoms with Crippen molar-refractivity contribution in [1.29, 1.82) is 0 Å². The summed E-state index contributed by atoms with van der Waals surface area (Å²) in [7, 11) is 1.51. The molecule has 3 N–H and O–H groups in total. The van der Waals surface area contributed by atoms with Gasteiger partial charge in [0, 0.05) is 18.7 Å². The largest absolute Gasteiger partial charge is 0.495 e. The third-order valence-corrected chi connectivity index (χ3v) is 3.23. The van der Waals surface area contributed by atoms with E-state index >= 15 is 0 Å². The predicted octanol–water partition coefficient (Wildman–Crippen LogP) is 3.59. The molecule has 0 heterocycles. The zero-order chi connectivity index (χ0) is 14.5. The van der Waals surface area contributed by atoms with E-state index in [-0.39, 0.29) is 5.82 Å². The van der Waals surface area contributed by atoms with Crippen LogP contribution in [0.1, 0.15) is 18.1 Å². The van der Waals surface area contributed by atoms with E-state index in [1.54, 1.807) is 6.07 Å². The fourth-order valence-electron chi connectivity index (χ4n) is 1.97. The summed E-state index contributed by atoms with van der Waals surface area (Å²) < 4.78 is 18.9. The number of nitrogens with two attached hydrogens (primary N) is 1. The van der Waals surface area contributed by atoms with E-state index in [0.29, 0.717) is 23.7 Å². The second-order valence-electron chi connectivity index (χ2n) is 4.60. The van der Waals surface area contributed by atoms with Crippen molar-refractivity contribution in [3.63, 3.8) is 0 Å². The Bertz CT molecular complexity index is 582. The Kier molecular flexibility index (Phi) is 4.45. The van der Waals surface area contributed by atoms with Crippen LogP contribution in [0, 0.1) is 5.82 Å². The second kappa shape index (κ2) is 6.28. The number of rotatable bonds is 5. The smallest absolute Gasteiger partial charge is 0.148 e. The van der Waals surface area contributed by atoms with E-state index in [9.17, 15) is 4.39 Å². The molecule has 0 atom stereocenters. The lowest BCUT2D eigenvalue weighted by molar-refractivity contribution is 0.416. The highest BCUT2D eigenvalue weighted by Gasteiger charge is 2.08. The van der Waals surface area contributed by atoms with Gasteiger partial charge in [-0.1, -0.05) is 31.2 Å². The van der Waals surface area contributed by atoms with E-state index in [2.05, 4.69) is 24.4 Å². The molecule has 2 rings (SSSR count). The van der Waals surface area contributed by atoms with Gasteiger partial charge in [0.25, 0.3) is 0 Å². The Hall–Kier alpha value is -2.23. The summed E-state index contributed by atoms with van der Waals surface area (Å²) in [6, 6.07) is 11.1. The van der Waals surface area contributed by atoms with Gasteiger partial charge in [-0.25, -0.2) is 4.39 Å². The maximum atomic E-state index is 13.8. The van der Waals surface area contributed by atoms with E-state index in [1.807, 2.05) is 12.1 Å². The molecule has 0 aliphatic rings. The second-order valence-corrected chi connectivity index (χ2v) is 4.60. The van der Waals surface area contributed by atoms with Gasteiger partial charge in [0.15, 0.2) is 0 Å². The van der Waals surface area contributed by atoms with Gasteiger partial charge in [0.05, 0.1) is 18.5 Å². The predicted molar refractivity (Wildman–Crippen MR) is 80.5 cm³/mol. The van der Waals surface area contributed by atoms with Crippen LogP contribution in [0.15, 0.2) is 36.4 Å². The van der Waals surface area contributed by atoms with Crippen LogP contribution in [0.3, 0.4) is 0 Å². The molecule has 2 aromatic rings. The molecule has 106 valence electrons. The van der Waals surface area contributed by atoms with Gasteiger partial charge in [-0.3, -0.25) is 0 Å². The molecular weight excluding hydrogens is 255 g/mol. The van der Waals surface area contributed by atoms with Gasteiger partial charge in [0.2, 0.25) is 0 Å². The SMILES string of the molecule is CCc1ccc(CNc2cc(OC)c(N)cc2F)cc1. The Morgan fingerprint density at radius 1 is 1.15 bits per heavy atom. The molecule has 0 aromatic heterocycles. The van der Waals surface area contributed by atoms with Crippen LogP contribution in [-0.4, -0.2) is 7.11 Å². The highest BCUT2D eigenvalue weighted by molar-refractivity contribution is 5.62. The number of hydrogen-bond donors (Lipinski definition) is 2. The highest BCUT2D eigenvalue weighted by atomic mass is 19.1. The molecule has 0 fully saturated rings. The maximum absolute atomic E-state index is 13.8. The first-order valence-electron chi connectivity index (χ1n) is 6.58. The fourth-order valence-corrected chi connectivity index (χ4v) is 1.97. The first-order valence-corrected chi connectivity index (χ1v) is 6.58. The van der Waals surface area contributed by atoms with Gasteiger partial charge in [-0.2, -0.15) is 0 Å². The first-order chi connectivity index (χ1) is 9.63. The van der Waals surface area contributed by atoms with Crippen molar-refractivity contribution in [3.05, 3.63) is 53.3 Å². The number of hydrogen-bond acceptors (Lipinski definition) is 3. The number of methoxy groups -OCH3 is 1. The first kappa shape index (κ1) is 14.2. The molecule has 0 saturated heterocycles. The van der Waals surface area contributed by atoms with Gasteiger partial charge in [-0.05, 0) is 17.5 Å². The Balaban J connectivity index is 2.09. The molecule has 0 saturated carbocycles. The minimum atomic E-state index is -0.381. The Morgan fingerprint density at radius 3 is 2.40 bits per heavy atom. The number of nitrogen functional groups attached to an aromatic ring is 1. The maximum Gasteiger partial charge on any atom is 0.148 e. The van der Waals surface area contributed by atoms with E-state index in [0.717, 1.165) is 12.0 Å². The van der Waals surface area contributed by atoms with E-state index in [1.165, 1.54) is 18.7 Å². The third kappa shape index (κ3) is 3.20. The Labute approximate surface area is 118 Å². The summed E-state index contributed by atoms with van der Waals surface area (Å²) in [6.07, 6.45) is 1.01. The number of halogens is 1. The summed E-state index contributed by atoms with van der Waals surface area (Å²) in [5, 5.41) is 3.06. The third-order valence-electron chi connectivity index (χ3n) is 3.23. The molecule has 4 heteroatoms. The van der Waals surface area contributed by atoms with Crippen molar-refractivity contribution in [2.24, 2.45) is 0 Å². The van der Waals surface area contributed by atoms with Crippen LogP contribution in [0.4, 0.5) is 15.8 Å². The number of ether oxygens (including phenoxy) is 1. The van der Waals surface area contributed by atoms with Crippen LogP contribution in [0.5, 0.6) is 5.75 Å². The number of aryl methyl sites for hydroxylation is 1. The topological polar surface area (TPSA) is 47.3 Å². The molecule has 2 aromatic carbocycles. The lowest BCUT2D eigenvalue weighted by atomic mass is 10.1. The van der Waals surface area contributed by atoms with Crippen LogP contribution in [-0.2, 0) is 13.0 Å². The van der Waals surface area contributed by atoms with Gasteiger partial charge >= 0.3 is 0 Å². The van der Waals surface area contributed by atoms with Crippen molar-refractivity contribution in [2.45, 2.75) is 19.9 Å². The normalized spacial score (nSPS) is 10.3. The molecule has 0 amide bonds. The lowest BCUT2D eigenvalue weighted by Crippen LogP contribution is -2.03.